The molecule has 2 aromatic rings. The van der Waals surface area contributed by atoms with E-state index in [1.807, 2.05) is 12.1 Å². The average Bonchev–Trinajstić information content (AvgIpc) is 2.49. The van der Waals surface area contributed by atoms with Crippen molar-refractivity contribution in [3.63, 3.8) is 0 Å². The topological polar surface area (TPSA) is 24.9 Å². The first-order chi connectivity index (χ1) is 10.1. The smallest absolute Gasteiger partial charge is 0.137 e. The summed E-state index contributed by atoms with van der Waals surface area (Å²) in [4.78, 5) is 4.55. The first-order valence-corrected chi connectivity index (χ1v) is 7.74. The van der Waals surface area contributed by atoms with Crippen molar-refractivity contribution in [2.75, 3.05) is 6.54 Å². The number of nitrogens with zero attached hydrogens (tertiary/aromatic N) is 1. The van der Waals surface area contributed by atoms with Crippen LogP contribution in [0.4, 0.5) is 8.78 Å². The van der Waals surface area contributed by atoms with Gasteiger partial charge in [0.05, 0.1) is 4.90 Å². The fraction of sp³-hybridized carbons (Fsp3) is 0.312. The molecular weight excluding hydrogens is 290 g/mol. The number of hydrogen-bond donors (Lipinski definition) is 1. The summed E-state index contributed by atoms with van der Waals surface area (Å²) < 4.78 is 26.7. The molecule has 0 saturated heterocycles. The number of rotatable bonds is 6. The van der Waals surface area contributed by atoms with Gasteiger partial charge in [-0.2, -0.15) is 0 Å². The highest BCUT2D eigenvalue weighted by Gasteiger charge is 2.08. The maximum Gasteiger partial charge on any atom is 0.137 e. The van der Waals surface area contributed by atoms with Crippen LogP contribution in [-0.4, -0.2) is 11.5 Å². The van der Waals surface area contributed by atoms with Gasteiger partial charge in [0.15, 0.2) is 0 Å². The van der Waals surface area contributed by atoms with Gasteiger partial charge in [-0.3, -0.25) is 0 Å². The molecule has 1 unspecified atom stereocenters. The van der Waals surface area contributed by atoms with Gasteiger partial charge < -0.3 is 5.32 Å². The molecule has 0 radical (unpaired) electrons. The van der Waals surface area contributed by atoms with Crippen LogP contribution < -0.4 is 5.32 Å². The normalized spacial score (nSPS) is 12.4. The number of pyridine rings is 1. The lowest BCUT2D eigenvalue weighted by atomic mass is 10.1. The number of halogens is 2. The van der Waals surface area contributed by atoms with Gasteiger partial charge in [-0.05, 0) is 49.7 Å². The lowest BCUT2D eigenvalue weighted by Crippen LogP contribution is -2.19. The van der Waals surface area contributed by atoms with Crippen LogP contribution in [0.25, 0.3) is 0 Å². The zero-order valence-electron chi connectivity index (χ0n) is 12.1. The van der Waals surface area contributed by atoms with E-state index in [2.05, 4.69) is 24.1 Å². The molecule has 1 aromatic heterocycles. The van der Waals surface area contributed by atoms with Gasteiger partial charge >= 0.3 is 0 Å². The second-order valence-electron chi connectivity index (χ2n) is 4.78. The second kappa shape index (κ2) is 7.52. The summed E-state index contributed by atoms with van der Waals surface area (Å²) >= 11 is 1.12. The van der Waals surface area contributed by atoms with Crippen LogP contribution in [0.5, 0.6) is 0 Å². The van der Waals surface area contributed by atoms with E-state index in [1.54, 1.807) is 6.20 Å². The lowest BCUT2D eigenvalue weighted by Gasteiger charge is -2.13. The predicted octanol–water partition coefficient (Wildman–Crippen LogP) is 4.57. The number of aromatic nitrogens is 1. The molecule has 1 heterocycles. The zero-order chi connectivity index (χ0) is 15.2. The summed E-state index contributed by atoms with van der Waals surface area (Å²) in [6.45, 7) is 5.14. The minimum Gasteiger partial charge on any atom is -0.310 e. The van der Waals surface area contributed by atoms with Gasteiger partial charge in [0.1, 0.15) is 16.7 Å². The Morgan fingerprint density at radius 1 is 1.24 bits per heavy atom. The highest BCUT2D eigenvalue weighted by atomic mass is 32.2. The first kappa shape index (κ1) is 15.9. The fourth-order valence-electron chi connectivity index (χ4n) is 1.86. The van der Waals surface area contributed by atoms with E-state index in [1.165, 1.54) is 6.07 Å². The molecule has 0 spiro atoms. The second-order valence-corrected chi connectivity index (χ2v) is 5.84. The van der Waals surface area contributed by atoms with Gasteiger partial charge in [0, 0.05) is 12.2 Å². The van der Waals surface area contributed by atoms with Crippen LogP contribution in [0.1, 0.15) is 31.9 Å². The molecule has 1 atom stereocenters. The van der Waals surface area contributed by atoms with Crippen LogP contribution in [0, 0.1) is 11.6 Å². The molecule has 2 rings (SSSR count). The molecule has 0 amide bonds. The van der Waals surface area contributed by atoms with Crippen molar-refractivity contribution in [2.45, 2.75) is 36.2 Å². The molecule has 21 heavy (non-hydrogen) atoms. The van der Waals surface area contributed by atoms with Gasteiger partial charge in [-0.25, -0.2) is 13.8 Å². The van der Waals surface area contributed by atoms with E-state index in [0.717, 1.165) is 42.4 Å². The lowest BCUT2D eigenvalue weighted by molar-refractivity contribution is 0.568. The largest absolute Gasteiger partial charge is 0.310 e. The van der Waals surface area contributed by atoms with Gasteiger partial charge in [-0.1, -0.05) is 24.8 Å². The third-order valence-electron chi connectivity index (χ3n) is 3.07. The van der Waals surface area contributed by atoms with Crippen LogP contribution >= 0.6 is 11.8 Å². The maximum atomic E-state index is 13.6. The summed E-state index contributed by atoms with van der Waals surface area (Å²) in [6, 6.07) is 7.43. The molecule has 2 nitrogen and oxygen atoms in total. The van der Waals surface area contributed by atoms with Crippen LogP contribution in [0.2, 0.25) is 0 Å². The summed E-state index contributed by atoms with van der Waals surface area (Å²) in [5.41, 5.74) is 1.08. The van der Waals surface area contributed by atoms with Crippen molar-refractivity contribution in [1.82, 2.24) is 10.3 Å². The Kier molecular flexibility index (Phi) is 5.70. The Morgan fingerprint density at radius 2 is 2.05 bits per heavy atom. The Balaban J connectivity index is 2.07. The van der Waals surface area contributed by atoms with Crippen LogP contribution in [0.3, 0.4) is 0 Å². The van der Waals surface area contributed by atoms with E-state index in [9.17, 15) is 8.78 Å². The molecule has 5 heteroatoms. The highest BCUT2D eigenvalue weighted by molar-refractivity contribution is 7.99. The Labute approximate surface area is 128 Å². The molecule has 1 N–H and O–H groups in total. The maximum absolute atomic E-state index is 13.6. The van der Waals surface area contributed by atoms with Crippen LogP contribution in [0.15, 0.2) is 46.5 Å². The molecule has 0 aliphatic rings. The third-order valence-corrected chi connectivity index (χ3v) is 4.05. The SMILES string of the molecule is CCCNC(C)c1ccc(Sc2cc(F)ccc2F)nc1. The van der Waals surface area contributed by atoms with Gasteiger partial charge in [0.25, 0.3) is 0 Å². The monoisotopic (exact) mass is 308 g/mol. The quantitative estimate of drug-likeness (QED) is 0.846. The minimum atomic E-state index is -0.451. The van der Waals surface area contributed by atoms with E-state index < -0.39 is 11.6 Å². The molecule has 0 aliphatic heterocycles. The van der Waals surface area contributed by atoms with Crippen molar-refractivity contribution in [3.05, 3.63) is 53.7 Å². The van der Waals surface area contributed by atoms with Crippen LogP contribution in [-0.2, 0) is 0 Å². The van der Waals surface area contributed by atoms with Crippen molar-refractivity contribution in [2.24, 2.45) is 0 Å². The number of benzene rings is 1. The minimum absolute atomic E-state index is 0.224. The summed E-state index contributed by atoms with van der Waals surface area (Å²) in [7, 11) is 0. The van der Waals surface area contributed by atoms with Crippen molar-refractivity contribution < 1.29 is 8.78 Å². The molecule has 112 valence electrons. The van der Waals surface area contributed by atoms with Gasteiger partial charge in [0.2, 0.25) is 0 Å². The summed E-state index contributed by atoms with van der Waals surface area (Å²) in [5.74, 6) is -0.891. The third kappa shape index (κ3) is 4.51. The summed E-state index contributed by atoms with van der Waals surface area (Å²) in [5, 5.41) is 4.02. The molecule has 0 fully saturated rings. The molecular formula is C16H18F2N2S. The molecule has 0 aliphatic carbocycles. The van der Waals surface area contributed by atoms with E-state index in [-0.39, 0.29) is 10.9 Å². The van der Waals surface area contributed by atoms with E-state index in [0.29, 0.717) is 5.03 Å². The Morgan fingerprint density at radius 3 is 2.71 bits per heavy atom. The fourth-order valence-corrected chi connectivity index (χ4v) is 2.66. The van der Waals surface area contributed by atoms with E-state index >= 15 is 0 Å². The van der Waals surface area contributed by atoms with Gasteiger partial charge in [-0.15, -0.1) is 0 Å². The van der Waals surface area contributed by atoms with Crippen molar-refractivity contribution in [1.29, 1.82) is 0 Å². The molecule has 0 bridgehead atoms. The highest BCUT2D eigenvalue weighted by Crippen LogP contribution is 2.29. The Bertz CT molecular complexity index is 587. The van der Waals surface area contributed by atoms with Crippen molar-refractivity contribution in [3.8, 4) is 0 Å². The average molecular weight is 308 g/mol. The zero-order valence-corrected chi connectivity index (χ0v) is 12.9. The van der Waals surface area contributed by atoms with E-state index in [4.69, 9.17) is 0 Å². The standard InChI is InChI=1S/C16H18F2N2S/c1-3-8-19-11(2)12-4-7-16(20-10-12)21-15-9-13(17)5-6-14(15)18/h4-7,9-11,19H,3,8H2,1-2H3. The first-order valence-electron chi connectivity index (χ1n) is 6.92. The molecule has 0 saturated carbocycles. The summed E-state index contributed by atoms with van der Waals surface area (Å²) in [6.07, 6.45) is 2.84. The number of nitrogens with one attached hydrogen (secondary N) is 1. The molecule has 1 aromatic carbocycles. The van der Waals surface area contributed by atoms with Crippen molar-refractivity contribution >= 4 is 11.8 Å². The Hall–Kier alpha value is -1.46. The number of hydrogen-bond acceptors (Lipinski definition) is 3. The predicted molar refractivity (Wildman–Crippen MR) is 81.4 cm³/mol.